The molecule has 0 saturated heterocycles. The first-order chi connectivity index (χ1) is 13.7. The van der Waals surface area contributed by atoms with Crippen LogP contribution in [0.5, 0.6) is 0 Å². The summed E-state index contributed by atoms with van der Waals surface area (Å²) in [7, 11) is -3.73. The first-order valence-electron chi connectivity index (χ1n) is 9.08. The first-order valence-corrected chi connectivity index (χ1v) is 12.5. The Balaban J connectivity index is 1.97. The van der Waals surface area contributed by atoms with Gasteiger partial charge in [0, 0.05) is 23.1 Å². The third-order valence-corrected chi connectivity index (χ3v) is 6.73. The number of nitrogens with one attached hydrogen (secondary N) is 1. The topological polar surface area (TPSA) is 66.5 Å². The van der Waals surface area contributed by atoms with Gasteiger partial charge in [-0.15, -0.1) is 0 Å². The summed E-state index contributed by atoms with van der Waals surface area (Å²) in [5.74, 6) is 0.511. The average molecular weight is 459 g/mol. The zero-order chi connectivity index (χ0) is 21.4. The molecule has 1 N–H and O–H groups in total. The molecular weight excluding hydrogens is 435 g/mol. The minimum atomic E-state index is -3.73. The second-order valence-electron chi connectivity index (χ2n) is 6.39. The van der Waals surface area contributed by atoms with Gasteiger partial charge in [0.1, 0.15) is 11.9 Å². The Morgan fingerprint density at radius 3 is 2.45 bits per heavy atom. The molecule has 0 aliphatic carbocycles. The molecule has 0 spiro atoms. The first kappa shape index (κ1) is 23.5. The van der Waals surface area contributed by atoms with E-state index in [9.17, 15) is 17.6 Å². The molecule has 9 heteroatoms. The molecule has 0 bridgehead atoms. The van der Waals surface area contributed by atoms with Gasteiger partial charge in [0.2, 0.25) is 15.9 Å². The van der Waals surface area contributed by atoms with E-state index in [0.29, 0.717) is 17.3 Å². The predicted octanol–water partition coefficient (Wildman–Crippen LogP) is 4.07. The second kappa shape index (κ2) is 10.8. The van der Waals surface area contributed by atoms with Crippen LogP contribution in [-0.4, -0.2) is 38.9 Å². The van der Waals surface area contributed by atoms with Crippen molar-refractivity contribution >= 4 is 45.0 Å². The minimum Gasteiger partial charge on any atom is -0.353 e. The molecule has 5 nitrogen and oxygen atoms in total. The second-order valence-corrected chi connectivity index (χ2v) is 9.77. The van der Waals surface area contributed by atoms with Crippen molar-refractivity contribution in [3.63, 3.8) is 0 Å². The fourth-order valence-electron chi connectivity index (χ4n) is 2.81. The number of anilines is 1. The molecule has 158 valence electrons. The largest absolute Gasteiger partial charge is 0.353 e. The summed E-state index contributed by atoms with van der Waals surface area (Å²) < 4.78 is 38.9. The number of benzene rings is 2. The summed E-state index contributed by atoms with van der Waals surface area (Å²) in [5, 5.41) is 3.50. The number of halogens is 2. The highest BCUT2D eigenvalue weighted by Gasteiger charge is 2.31. The molecule has 0 fully saturated rings. The number of sulfonamides is 1. The van der Waals surface area contributed by atoms with Crippen LogP contribution in [-0.2, 0) is 20.6 Å². The molecule has 0 heterocycles. The van der Waals surface area contributed by atoms with Crippen LogP contribution < -0.4 is 9.62 Å². The van der Waals surface area contributed by atoms with Gasteiger partial charge in [-0.05, 0) is 42.3 Å². The zero-order valence-electron chi connectivity index (χ0n) is 16.3. The molecule has 29 heavy (non-hydrogen) atoms. The van der Waals surface area contributed by atoms with Crippen molar-refractivity contribution in [3.8, 4) is 0 Å². The molecule has 0 radical (unpaired) electrons. The molecule has 0 saturated carbocycles. The number of carbonyl (C=O) groups is 1. The molecule has 1 atom stereocenters. The minimum absolute atomic E-state index is 0.254. The Morgan fingerprint density at radius 2 is 1.86 bits per heavy atom. The summed E-state index contributed by atoms with van der Waals surface area (Å²) in [6, 6.07) is 11.7. The van der Waals surface area contributed by atoms with Gasteiger partial charge in [0.05, 0.1) is 11.9 Å². The third-order valence-electron chi connectivity index (χ3n) is 4.17. The van der Waals surface area contributed by atoms with Crippen molar-refractivity contribution in [2.24, 2.45) is 0 Å². The summed E-state index contributed by atoms with van der Waals surface area (Å²) in [5.41, 5.74) is 1.28. The van der Waals surface area contributed by atoms with E-state index in [1.807, 2.05) is 24.3 Å². The number of rotatable bonds is 10. The van der Waals surface area contributed by atoms with Gasteiger partial charge >= 0.3 is 0 Å². The van der Waals surface area contributed by atoms with Gasteiger partial charge in [0.15, 0.2) is 0 Å². The maximum atomic E-state index is 13.2. The van der Waals surface area contributed by atoms with Crippen LogP contribution in [0, 0.1) is 5.82 Å². The highest BCUT2D eigenvalue weighted by atomic mass is 35.5. The molecule has 0 aliphatic heterocycles. The van der Waals surface area contributed by atoms with E-state index in [1.165, 1.54) is 24.3 Å². The summed E-state index contributed by atoms with van der Waals surface area (Å²) >= 11 is 7.75. The molecule has 2 aromatic rings. The average Bonchev–Trinajstić information content (AvgIpc) is 2.67. The maximum absolute atomic E-state index is 13.2. The lowest BCUT2D eigenvalue weighted by atomic mass is 10.2. The van der Waals surface area contributed by atoms with Gasteiger partial charge in [-0.1, -0.05) is 36.7 Å². The number of nitrogens with zero attached hydrogens (tertiary/aromatic N) is 1. The van der Waals surface area contributed by atoms with Gasteiger partial charge in [0.25, 0.3) is 0 Å². The number of amides is 1. The number of hydrogen-bond donors (Lipinski definition) is 1. The fourth-order valence-corrected chi connectivity index (χ4v) is 5.17. The highest BCUT2D eigenvalue weighted by molar-refractivity contribution is 7.98. The summed E-state index contributed by atoms with van der Waals surface area (Å²) in [6.07, 6.45) is 1.31. The number of hydrogen-bond acceptors (Lipinski definition) is 4. The zero-order valence-corrected chi connectivity index (χ0v) is 18.7. The van der Waals surface area contributed by atoms with E-state index >= 15 is 0 Å². The Morgan fingerprint density at radius 1 is 1.21 bits per heavy atom. The van der Waals surface area contributed by atoms with E-state index in [2.05, 4.69) is 5.32 Å². The molecule has 0 aromatic heterocycles. The van der Waals surface area contributed by atoms with Gasteiger partial charge in [-0.3, -0.25) is 9.10 Å². The smallest absolute Gasteiger partial charge is 0.243 e. The number of carbonyl (C=O) groups excluding carboxylic acids is 1. The van der Waals surface area contributed by atoms with Gasteiger partial charge in [-0.25, -0.2) is 12.8 Å². The van der Waals surface area contributed by atoms with Gasteiger partial charge in [-0.2, -0.15) is 11.8 Å². The lowest BCUT2D eigenvalue weighted by Crippen LogP contribution is -2.49. The van der Waals surface area contributed by atoms with Crippen LogP contribution in [0.25, 0.3) is 0 Å². The van der Waals surface area contributed by atoms with Crippen molar-refractivity contribution < 1.29 is 17.6 Å². The van der Waals surface area contributed by atoms with Crippen LogP contribution in [0.3, 0.4) is 0 Å². The van der Waals surface area contributed by atoms with E-state index in [0.717, 1.165) is 21.9 Å². The van der Waals surface area contributed by atoms with E-state index in [1.54, 1.807) is 18.7 Å². The Bertz CT molecular complexity index is 924. The molecule has 2 aromatic carbocycles. The summed E-state index contributed by atoms with van der Waals surface area (Å²) in [6.45, 7) is 2.13. The van der Waals surface area contributed by atoms with Crippen molar-refractivity contribution in [2.45, 2.75) is 25.1 Å². The Kier molecular flexibility index (Phi) is 8.79. The van der Waals surface area contributed by atoms with Crippen LogP contribution in [0.15, 0.2) is 48.5 Å². The molecule has 1 amide bonds. The summed E-state index contributed by atoms with van der Waals surface area (Å²) in [4.78, 5) is 12.7. The van der Waals surface area contributed by atoms with Crippen molar-refractivity contribution in [3.05, 3.63) is 64.9 Å². The number of thioether (sulfide) groups is 1. The van der Waals surface area contributed by atoms with E-state index in [-0.39, 0.29) is 18.0 Å². The van der Waals surface area contributed by atoms with E-state index < -0.39 is 21.9 Å². The fraction of sp³-hybridized carbons (Fsp3) is 0.350. The standard InChI is InChI=1S/C20H24ClFN2O3S2/c1-3-19(24(29(2,26)27)17-10-8-16(22)9-11-17)20(25)23-12-13-28-14-15-6-4-5-7-18(15)21/h4-11,19H,3,12-14H2,1-2H3,(H,23,25). The molecule has 1 unspecified atom stereocenters. The highest BCUT2D eigenvalue weighted by Crippen LogP contribution is 2.23. The monoisotopic (exact) mass is 458 g/mol. The lowest BCUT2D eigenvalue weighted by Gasteiger charge is -2.30. The lowest BCUT2D eigenvalue weighted by molar-refractivity contribution is -0.122. The van der Waals surface area contributed by atoms with Crippen molar-refractivity contribution in [2.75, 3.05) is 22.9 Å². The van der Waals surface area contributed by atoms with Crippen LogP contribution in [0.2, 0.25) is 5.02 Å². The maximum Gasteiger partial charge on any atom is 0.243 e. The van der Waals surface area contributed by atoms with E-state index in [4.69, 9.17) is 11.6 Å². The third kappa shape index (κ3) is 6.90. The van der Waals surface area contributed by atoms with Crippen LogP contribution in [0.1, 0.15) is 18.9 Å². The van der Waals surface area contributed by atoms with Crippen LogP contribution >= 0.6 is 23.4 Å². The normalized spacial score (nSPS) is 12.4. The van der Waals surface area contributed by atoms with Crippen molar-refractivity contribution in [1.29, 1.82) is 0 Å². The Labute approximate surface area is 180 Å². The molecule has 2 rings (SSSR count). The SMILES string of the molecule is CCC(C(=O)NCCSCc1ccccc1Cl)N(c1ccc(F)cc1)S(C)(=O)=O. The van der Waals surface area contributed by atoms with Crippen molar-refractivity contribution in [1.82, 2.24) is 5.32 Å². The molecule has 0 aliphatic rings. The van der Waals surface area contributed by atoms with Crippen LogP contribution in [0.4, 0.5) is 10.1 Å². The Hall–Kier alpha value is -1.77. The quantitative estimate of drug-likeness (QED) is 0.545. The molecular formula is C20H24ClFN2O3S2. The predicted molar refractivity (Wildman–Crippen MR) is 118 cm³/mol. The van der Waals surface area contributed by atoms with Gasteiger partial charge < -0.3 is 5.32 Å².